The Hall–Kier alpha value is -1.84. The fourth-order valence-electron chi connectivity index (χ4n) is 5.24. The second kappa shape index (κ2) is 9.11. The van der Waals surface area contributed by atoms with E-state index in [-0.39, 0.29) is 11.8 Å². The van der Waals surface area contributed by atoms with Gasteiger partial charge in [0.1, 0.15) is 0 Å². The third-order valence-corrected chi connectivity index (χ3v) is 7.12. The van der Waals surface area contributed by atoms with Crippen LogP contribution in [0.4, 0.5) is 0 Å². The summed E-state index contributed by atoms with van der Waals surface area (Å²) in [6, 6.07) is 7.91. The number of amides is 2. The highest BCUT2D eigenvalue weighted by Gasteiger charge is 2.30. The maximum absolute atomic E-state index is 13.1. The van der Waals surface area contributed by atoms with Crippen molar-refractivity contribution in [2.45, 2.75) is 77.3 Å². The monoisotopic (exact) mass is 384 g/mol. The summed E-state index contributed by atoms with van der Waals surface area (Å²) in [4.78, 5) is 30.0. The Morgan fingerprint density at radius 1 is 0.750 bits per heavy atom. The molecule has 0 aromatic heterocycles. The maximum atomic E-state index is 13.1. The highest BCUT2D eigenvalue weighted by molar-refractivity contribution is 5.99. The van der Waals surface area contributed by atoms with E-state index in [1.807, 2.05) is 42.1 Å². The van der Waals surface area contributed by atoms with E-state index in [9.17, 15) is 9.59 Å². The minimum absolute atomic E-state index is 0.0297. The lowest BCUT2D eigenvalue weighted by Gasteiger charge is -2.37. The number of benzene rings is 1. The summed E-state index contributed by atoms with van der Waals surface area (Å²) >= 11 is 0. The van der Waals surface area contributed by atoms with Gasteiger partial charge in [0.05, 0.1) is 0 Å². The van der Waals surface area contributed by atoms with Crippen LogP contribution in [0.15, 0.2) is 24.3 Å². The molecule has 2 aliphatic carbocycles. The fraction of sp³-hybridized carbons (Fsp3) is 0.667. The number of hydrogen-bond acceptors (Lipinski definition) is 2. The van der Waals surface area contributed by atoms with Crippen LogP contribution in [-0.2, 0) is 0 Å². The molecule has 4 atom stereocenters. The van der Waals surface area contributed by atoms with Gasteiger partial charge in [0.15, 0.2) is 0 Å². The number of rotatable bonds is 4. The first-order valence-electron chi connectivity index (χ1n) is 11.0. The van der Waals surface area contributed by atoms with Crippen molar-refractivity contribution < 1.29 is 9.59 Å². The van der Waals surface area contributed by atoms with E-state index in [1.54, 1.807) is 6.07 Å². The van der Waals surface area contributed by atoms with Crippen LogP contribution >= 0.6 is 0 Å². The Morgan fingerprint density at radius 3 is 1.54 bits per heavy atom. The summed E-state index contributed by atoms with van der Waals surface area (Å²) in [5, 5.41) is 0. The Kier molecular flexibility index (Phi) is 6.79. The van der Waals surface area contributed by atoms with Crippen LogP contribution < -0.4 is 0 Å². The first-order valence-corrected chi connectivity index (χ1v) is 11.0. The molecule has 0 heterocycles. The Labute approximate surface area is 170 Å². The number of carbonyl (C=O) groups excluding carboxylic acids is 2. The van der Waals surface area contributed by atoms with E-state index in [2.05, 4.69) is 13.8 Å². The lowest BCUT2D eigenvalue weighted by Crippen LogP contribution is -2.43. The molecule has 0 spiro atoms. The van der Waals surface area contributed by atoms with Crippen molar-refractivity contribution in [1.29, 1.82) is 0 Å². The summed E-state index contributed by atoms with van der Waals surface area (Å²) in [5.74, 6) is 1.13. The highest BCUT2D eigenvalue weighted by Crippen LogP contribution is 2.30. The van der Waals surface area contributed by atoms with Crippen LogP contribution in [0.25, 0.3) is 0 Å². The zero-order chi connectivity index (χ0) is 20.3. The van der Waals surface area contributed by atoms with Crippen molar-refractivity contribution in [2.24, 2.45) is 11.8 Å². The molecule has 4 nitrogen and oxygen atoms in total. The molecule has 1 aromatic carbocycles. The van der Waals surface area contributed by atoms with Crippen LogP contribution in [0.2, 0.25) is 0 Å². The molecule has 2 fully saturated rings. The summed E-state index contributed by atoms with van der Waals surface area (Å²) in [5.41, 5.74) is 1.24. The topological polar surface area (TPSA) is 40.6 Å². The van der Waals surface area contributed by atoms with Gasteiger partial charge in [0, 0.05) is 37.3 Å². The second-order valence-electron chi connectivity index (χ2n) is 9.07. The maximum Gasteiger partial charge on any atom is 0.253 e. The first kappa shape index (κ1) is 20.9. The molecule has 28 heavy (non-hydrogen) atoms. The molecule has 2 amide bonds. The third kappa shape index (κ3) is 4.42. The van der Waals surface area contributed by atoms with Gasteiger partial charge in [-0.2, -0.15) is 0 Å². The van der Waals surface area contributed by atoms with Gasteiger partial charge in [-0.05, 0) is 55.7 Å². The van der Waals surface area contributed by atoms with Crippen LogP contribution in [-0.4, -0.2) is 47.8 Å². The average Bonchev–Trinajstić information content (AvgIpc) is 2.72. The van der Waals surface area contributed by atoms with Gasteiger partial charge in [0.2, 0.25) is 0 Å². The lowest BCUT2D eigenvalue weighted by atomic mass is 9.84. The molecule has 1 aromatic rings. The van der Waals surface area contributed by atoms with E-state index in [4.69, 9.17) is 0 Å². The molecule has 0 radical (unpaired) electrons. The first-order chi connectivity index (χ1) is 13.4. The molecule has 154 valence electrons. The standard InChI is InChI=1S/C24H36N2O2/c1-17-10-5-7-14-21(17)25(3)23(27)19-12-9-13-20(16-19)24(28)26(4)22-15-8-6-11-18(22)2/h9,12-13,16-18,21-22H,5-8,10-11,14-15H2,1-4H3. The molecule has 0 bridgehead atoms. The van der Waals surface area contributed by atoms with E-state index in [0.717, 1.165) is 12.8 Å². The van der Waals surface area contributed by atoms with Crippen LogP contribution in [0, 0.1) is 11.8 Å². The summed E-state index contributed by atoms with van der Waals surface area (Å²) < 4.78 is 0. The van der Waals surface area contributed by atoms with Gasteiger partial charge in [-0.15, -0.1) is 0 Å². The molecule has 4 heteroatoms. The van der Waals surface area contributed by atoms with Crippen LogP contribution in [0.3, 0.4) is 0 Å². The van der Waals surface area contributed by atoms with Crippen molar-refractivity contribution in [1.82, 2.24) is 9.80 Å². The smallest absolute Gasteiger partial charge is 0.253 e. The molecule has 0 N–H and O–H groups in total. The Balaban J connectivity index is 1.73. The van der Waals surface area contributed by atoms with Crippen molar-refractivity contribution in [3.05, 3.63) is 35.4 Å². The molecule has 2 aliphatic rings. The lowest BCUT2D eigenvalue weighted by molar-refractivity contribution is 0.0626. The van der Waals surface area contributed by atoms with E-state index >= 15 is 0 Å². The fourth-order valence-corrected chi connectivity index (χ4v) is 5.24. The molecular weight excluding hydrogens is 348 g/mol. The summed E-state index contributed by atoms with van der Waals surface area (Å²) in [7, 11) is 3.83. The van der Waals surface area contributed by atoms with Crippen LogP contribution in [0.1, 0.15) is 85.9 Å². The third-order valence-electron chi connectivity index (χ3n) is 7.12. The van der Waals surface area contributed by atoms with Gasteiger partial charge >= 0.3 is 0 Å². The van der Waals surface area contributed by atoms with Crippen LogP contribution in [0.5, 0.6) is 0 Å². The van der Waals surface area contributed by atoms with Gasteiger partial charge in [0.25, 0.3) is 11.8 Å². The van der Waals surface area contributed by atoms with Gasteiger partial charge in [-0.25, -0.2) is 0 Å². The zero-order valence-electron chi connectivity index (χ0n) is 18.0. The normalized spacial score (nSPS) is 27.9. The SMILES string of the molecule is CC1CCCCC1N(C)C(=O)c1cccc(C(=O)N(C)C2CCCCC2C)c1. The number of nitrogens with zero attached hydrogens (tertiary/aromatic N) is 2. The van der Waals surface area contributed by atoms with E-state index in [1.165, 1.54) is 38.5 Å². The van der Waals surface area contributed by atoms with Gasteiger partial charge in [-0.1, -0.05) is 45.6 Å². The van der Waals surface area contributed by atoms with E-state index in [0.29, 0.717) is 35.0 Å². The largest absolute Gasteiger partial charge is 0.338 e. The van der Waals surface area contributed by atoms with Crippen molar-refractivity contribution in [3.8, 4) is 0 Å². The molecule has 2 saturated carbocycles. The predicted octanol–water partition coefficient (Wildman–Crippen LogP) is 4.99. The van der Waals surface area contributed by atoms with Crippen molar-refractivity contribution in [2.75, 3.05) is 14.1 Å². The number of carbonyl (C=O) groups is 2. The summed E-state index contributed by atoms with van der Waals surface area (Å²) in [6.45, 7) is 4.49. The van der Waals surface area contributed by atoms with Crippen molar-refractivity contribution >= 4 is 11.8 Å². The minimum atomic E-state index is 0.0297. The Morgan fingerprint density at radius 2 is 1.14 bits per heavy atom. The number of hydrogen-bond donors (Lipinski definition) is 0. The molecule has 3 rings (SSSR count). The highest BCUT2D eigenvalue weighted by atomic mass is 16.2. The summed E-state index contributed by atoms with van der Waals surface area (Å²) in [6.07, 6.45) is 9.42. The quantitative estimate of drug-likeness (QED) is 0.734. The second-order valence-corrected chi connectivity index (χ2v) is 9.07. The van der Waals surface area contributed by atoms with E-state index < -0.39 is 0 Å². The van der Waals surface area contributed by atoms with Gasteiger partial charge < -0.3 is 9.80 Å². The molecular formula is C24H36N2O2. The average molecular weight is 385 g/mol. The van der Waals surface area contributed by atoms with Gasteiger partial charge in [-0.3, -0.25) is 9.59 Å². The minimum Gasteiger partial charge on any atom is -0.338 e. The van der Waals surface area contributed by atoms with Crippen molar-refractivity contribution in [3.63, 3.8) is 0 Å². The predicted molar refractivity (Wildman–Crippen MR) is 113 cm³/mol. The zero-order valence-corrected chi connectivity index (χ0v) is 18.0. The molecule has 0 saturated heterocycles. The molecule has 4 unspecified atom stereocenters. The Bertz CT molecular complexity index is 646. The molecule has 0 aliphatic heterocycles.